The van der Waals surface area contributed by atoms with E-state index < -0.39 is 0 Å². The van der Waals surface area contributed by atoms with Gasteiger partial charge in [0.1, 0.15) is 11.4 Å². The fourth-order valence-electron chi connectivity index (χ4n) is 2.78. The quantitative estimate of drug-likeness (QED) is 0.701. The molecule has 0 unspecified atom stereocenters. The first-order valence-electron chi connectivity index (χ1n) is 8.59. The zero-order valence-electron chi connectivity index (χ0n) is 15.4. The number of benzene rings is 2. The molecule has 2 heterocycles. The highest BCUT2D eigenvalue weighted by Gasteiger charge is 2.16. The van der Waals surface area contributed by atoms with Gasteiger partial charge in [0.2, 0.25) is 12.7 Å². The molecule has 0 atom stereocenters. The maximum Gasteiger partial charge on any atom is 0.274 e. The molecule has 4 rings (SSSR count). The summed E-state index contributed by atoms with van der Waals surface area (Å²) in [5.74, 6) is 1.85. The molecule has 0 radical (unpaired) electrons. The number of carbonyl (C=O) groups excluding carboxylic acids is 1. The number of hydrogen-bond acceptors (Lipinski definition) is 7. The molecular weight excluding hydrogens is 360 g/mol. The summed E-state index contributed by atoms with van der Waals surface area (Å²) in [6.45, 7) is 1.97. The van der Waals surface area contributed by atoms with E-state index in [4.69, 9.17) is 14.2 Å². The van der Waals surface area contributed by atoms with E-state index in [1.807, 2.05) is 24.3 Å². The first-order chi connectivity index (χ1) is 13.6. The van der Waals surface area contributed by atoms with Gasteiger partial charge in [-0.05, 0) is 37.3 Å². The van der Waals surface area contributed by atoms with Crippen molar-refractivity contribution in [2.75, 3.05) is 24.5 Å². The van der Waals surface area contributed by atoms with Gasteiger partial charge in [0.05, 0.1) is 12.8 Å². The molecule has 0 fully saturated rings. The van der Waals surface area contributed by atoms with Gasteiger partial charge in [-0.2, -0.15) is 0 Å². The Kier molecular flexibility index (Phi) is 4.67. The third-order valence-electron chi connectivity index (χ3n) is 4.07. The number of aryl methyl sites for hydroxylation is 1. The summed E-state index contributed by atoms with van der Waals surface area (Å²) in [4.78, 5) is 21.3. The van der Waals surface area contributed by atoms with Crippen molar-refractivity contribution in [3.8, 4) is 17.2 Å². The Morgan fingerprint density at radius 1 is 1.07 bits per heavy atom. The molecular formula is C20H18N4O4. The minimum absolute atomic E-state index is 0.176. The standard InChI is InChI=1S/C20H18N4O4/c1-12-9-15(19(25)22-13-7-8-17-18(10-13)28-11-27-17)24-20(21-12)23-14-5-3-4-6-16(14)26-2/h3-10H,11H2,1-2H3,(H,22,25)(H,21,23,24). The highest BCUT2D eigenvalue weighted by molar-refractivity contribution is 6.03. The second-order valence-electron chi connectivity index (χ2n) is 6.07. The lowest BCUT2D eigenvalue weighted by Crippen LogP contribution is -2.15. The fourth-order valence-corrected chi connectivity index (χ4v) is 2.78. The average Bonchev–Trinajstić information content (AvgIpc) is 3.16. The Hall–Kier alpha value is -3.81. The third-order valence-corrected chi connectivity index (χ3v) is 4.07. The number of amides is 1. The number of carbonyl (C=O) groups is 1. The van der Waals surface area contributed by atoms with Gasteiger partial charge >= 0.3 is 0 Å². The van der Waals surface area contributed by atoms with Crippen LogP contribution >= 0.6 is 0 Å². The van der Waals surface area contributed by atoms with Crippen LogP contribution in [0.3, 0.4) is 0 Å². The molecule has 8 heteroatoms. The van der Waals surface area contributed by atoms with E-state index >= 15 is 0 Å². The highest BCUT2D eigenvalue weighted by Crippen LogP contribution is 2.34. The molecule has 0 saturated carbocycles. The molecule has 1 aromatic heterocycles. The van der Waals surface area contributed by atoms with Crippen LogP contribution in [-0.4, -0.2) is 29.8 Å². The van der Waals surface area contributed by atoms with Gasteiger partial charge in [0, 0.05) is 17.4 Å². The maximum absolute atomic E-state index is 12.7. The lowest BCUT2D eigenvalue weighted by Gasteiger charge is -2.11. The number of nitrogens with one attached hydrogen (secondary N) is 2. The summed E-state index contributed by atoms with van der Waals surface area (Å²) in [5, 5.41) is 5.91. The maximum atomic E-state index is 12.7. The number of rotatable bonds is 5. The summed E-state index contributed by atoms with van der Waals surface area (Å²) in [5.41, 5.74) is 2.19. The van der Waals surface area contributed by atoms with E-state index in [0.717, 1.165) is 0 Å². The largest absolute Gasteiger partial charge is 0.495 e. The molecule has 3 aromatic rings. The van der Waals surface area contributed by atoms with Crippen molar-refractivity contribution < 1.29 is 19.0 Å². The van der Waals surface area contributed by atoms with E-state index in [1.165, 1.54) is 0 Å². The summed E-state index contributed by atoms with van der Waals surface area (Å²) >= 11 is 0. The van der Waals surface area contributed by atoms with E-state index in [0.29, 0.717) is 40.3 Å². The molecule has 2 aromatic carbocycles. The van der Waals surface area contributed by atoms with Crippen LogP contribution in [0.5, 0.6) is 17.2 Å². The lowest BCUT2D eigenvalue weighted by atomic mass is 10.2. The molecule has 0 aliphatic carbocycles. The monoisotopic (exact) mass is 378 g/mol. The van der Waals surface area contributed by atoms with Crippen LogP contribution in [-0.2, 0) is 0 Å². The van der Waals surface area contributed by atoms with Crippen molar-refractivity contribution in [2.45, 2.75) is 6.92 Å². The molecule has 1 aliphatic rings. The van der Waals surface area contributed by atoms with Gasteiger partial charge in [0.25, 0.3) is 5.91 Å². The number of para-hydroxylation sites is 2. The topological polar surface area (TPSA) is 94.6 Å². The second kappa shape index (κ2) is 7.43. The minimum Gasteiger partial charge on any atom is -0.495 e. The summed E-state index contributed by atoms with van der Waals surface area (Å²) < 4.78 is 15.9. The molecule has 1 aliphatic heterocycles. The number of nitrogens with zero attached hydrogens (tertiary/aromatic N) is 2. The van der Waals surface area contributed by atoms with Crippen LogP contribution in [0.15, 0.2) is 48.5 Å². The fraction of sp³-hybridized carbons (Fsp3) is 0.150. The number of aromatic nitrogens is 2. The smallest absolute Gasteiger partial charge is 0.274 e. The van der Waals surface area contributed by atoms with Gasteiger partial charge in [-0.1, -0.05) is 12.1 Å². The van der Waals surface area contributed by atoms with Crippen LogP contribution in [0.4, 0.5) is 17.3 Å². The van der Waals surface area contributed by atoms with Crippen molar-refractivity contribution in [1.29, 1.82) is 0 Å². The van der Waals surface area contributed by atoms with Crippen LogP contribution < -0.4 is 24.8 Å². The second-order valence-corrected chi connectivity index (χ2v) is 6.07. The van der Waals surface area contributed by atoms with E-state index in [-0.39, 0.29) is 18.4 Å². The summed E-state index contributed by atoms with van der Waals surface area (Å²) in [7, 11) is 1.59. The van der Waals surface area contributed by atoms with Gasteiger partial charge in [-0.25, -0.2) is 9.97 Å². The lowest BCUT2D eigenvalue weighted by molar-refractivity contribution is 0.102. The van der Waals surface area contributed by atoms with Gasteiger partial charge in [0.15, 0.2) is 11.5 Å². The summed E-state index contributed by atoms with van der Waals surface area (Å²) in [6.07, 6.45) is 0. The molecule has 2 N–H and O–H groups in total. The highest BCUT2D eigenvalue weighted by atomic mass is 16.7. The molecule has 8 nitrogen and oxygen atoms in total. The molecule has 142 valence electrons. The van der Waals surface area contributed by atoms with Crippen LogP contribution in [0, 0.1) is 6.92 Å². The van der Waals surface area contributed by atoms with Crippen LogP contribution in [0.2, 0.25) is 0 Å². The Balaban J connectivity index is 1.55. The predicted octanol–water partition coefficient (Wildman–Crippen LogP) is 3.52. The SMILES string of the molecule is COc1ccccc1Nc1nc(C)cc(C(=O)Nc2ccc3c(c2)OCO3)n1. The van der Waals surface area contributed by atoms with Crippen molar-refractivity contribution in [2.24, 2.45) is 0 Å². The number of ether oxygens (including phenoxy) is 3. The Labute approximate surface area is 161 Å². The van der Waals surface area contributed by atoms with Gasteiger partial charge in [-0.3, -0.25) is 4.79 Å². The summed E-state index contributed by atoms with van der Waals surface area (Å²) in [6, 6.07) is 14.2. The zero-order valence-corrected chi connectivity index (χ0v) is 15.4. The molecule has 0 saturated heterocycles. The minimum atomic E-state index is -0.354. The first kappa shape index (κ1) is 17.6. The molecule has 0 bridgehead atoms. The molecule has 28 heavy (non-hydrogen) atoms. The van der Waals surface area contributed by atoms with Crippen LogP contribution in [0.1, 0.15) is 16.2 Å². The Morgan fingerprint density at radius 2 is 1.89 bits per heavy atom. The van der Waals surface area contributed by atoms with Crippen molar-refractivity contribution >= 4 is 23.2 Å². The average molecular weight is 378 g/mol. The molecule has 1 amide bonds. The Morgan fingerprint density at radius 3 is 2.75 bits per heavy atom. The number of methoxy groups -OCH3 is 1. The van der Waals surface area contributed by atoms with Crippen molar-refractivity contribution in [1.82, 2.24) is 9.97 Å². The third kappa shape index (κ3) is 3.66. The first-order valence-corrected chi connectivity index (χ1v) is 8.59. The van der Waals surface area contributed by atoms with E-state index in [1.54, 1.807) is 38.3 Å². The van der Waals surface area contributed by atoms with Gasteiger partial charge < -0.3 is 24.8 Å². The van der Waals surface area contributed by atoms with E-state index in [9.17, 15) is 4.79 Å². The normalized spacial score (nSPS) is 11.8. The number of fused-ring (bicyclic) bond motifs is 1. The number of anilines is 3. The van der Waals surface area contributed by atoms with Crippen molar-refractivity contribution in [3.05, 3.63) is 59.9 Å². The van der Waals surface area contributed by atoms with E-state index in [2.05, 4.69) is 20.6 Å². The predicted molar refractivity (Wildman–Crippen MR) is 104 cm³/mol. The van der Waals surface area contributed by atoms with Crippen LogP contribution in [0.25, 0.3) is 0 Å². The zero-order chi connectivity index (χ0) is 19.5. The van der Waals surface area contributed by atoms with Gasteiger partial charge in [-0.15, -0.1) is 0 Å². The van der Waals surface area contributed by atoms with Crippen molar-refractivity contribution in [3.63, 3.8) is 0 Å². The Bertz CT molecular complexity index is 1040. The molecule has 0 spiro atoms. The number of hydrogen-bond donors (Lipinski definition) is 2.